The zero-order valence-corrected chi connectivity index (χ0v) is 17.5. The molecule has 0 aliphatic heterocycles. The molecule has 0 fully saturated rings. The van der Waals surface area contributed by atoms with Gasteiger partial charge in [-0.25, -0.2) is 0 Å². The minimum Gasteiger partial charge on any atom is -0.393 e. The van der Waals surface area contributed by atoms with Gasteiger partial charge >= 0.3 is 0 Å². The number of aliphatic hydroxyl groups is 1. The third-order valence-electron chi connectivity index (χ3n) is 4.53. The Hall–Kier alpha value is -0.670. The maximum Gasteiger partial charge on any atom is 0.0810 e. The predicted octanol–water partition coefficient (Wildman–Crippen LogP) is 6.30. The lowest BCUT2D eigenvalue weighted by Crippen LogP contribution is -2.32. The van der Waals surface area contributed by atoms with E-state index < -0.39 is 0 Å². The van der Waals surface area contributed by atoms with Crippen molar-refractivity contribution in [1.29, 1.82) is 0 Å². The maximum absolute atomic E-state index is 10.2. The highest BCUT2D eigenvalue weighted by Crippen LogP contribution is 2.14. The highest BCUT2D eigenvalue weighted by Gasteiger charge is 2.12. The van der Waals surface area contributed by atoms with Crippen LogP contribution in [0, 0.1) is 5.92 Å². The Bertz CT molecular complexity index is 344. The van der Waals surface area contributed by atoms with Crippen molar-refractivity contribution in [1.82, 2.24) is 4.90 Å². The molecule has 0 aliphatic rings. The van der Waals surface area contributed by atoms with Crippen molar-refractivity contribution >= 4 is 17.2 Å². The molecule has 25 heavy (non-hydrogen) atoms. The van der Waals surface area contributed by atoms with Gasteiger partial charge in [0.1, 0.15) is 0 Å². The van der Waals surface area contributed by atoms with E-state index in [2.05, 4.69) is 27.0 Å². The second-order valence-corrected chi connectivity index (χ2v) is 8.00. The Labute approximate surface area is 162 Å². The average Bonchev–Trinajstić information content (AvgIpc) is 2.56. The molecule has 0 unspecified atom stereocenters. The van der Waals surface area contributed by atoms with Crippen LogP contribution in [-0.4, -0.2) is 34.2 Å². The topological polar surface area (TPSA) is 23.5 Å². The smallest absolute Gasteiger partial charge is 0.0810 e. The average molecular weight is 368 g/mol. The van der Waals surface area contributed by atoms with Gasteiger partial charge in [0.05, 0.1) is 11.1 Å². The first-order valence-corrected chi connectivity index (χ1v) is 10.6. The van der Waals surface area contributed by atoms with E-state index in [0.29, 0.717) is 6.42 Å². The van der Waals surface area contributed by atoms with Crippen LogP contribution in [-0.2, 0) is 0 Å². The quantitative estimate of drug-likeness (QED) is 0.185. The first kappa shape index (κ1) is 24.3. The molecule has 2 nitrogen and oxygen atoms in total. The fourth-order valence-electron chi connectivity index (χ4n) is 3.02. The molecule has 0 aromatic rings. The molecule has 0 saturated heterocycles. The molecular formula is C22H41NOS. The Morgan fingerprint density at radius 2 is 1.32 bits per heavy atom. The molecule has 0 radical (unpaired) electrons. The third-order valence-corrected chi connectivity index (χ3v) is 4.96. The monoisotopic (exact) mass is 367 g/mol. The number of hydrogen-bond donors (Lipinski definition) is 1. The van der Waals surface area contributed by atoms with Gasteiger partial charge in [-0.05, 0) is 12.3 Å². The highest BCUT2D eigenvalue weighted by atomic mass is 32.1. The van der Waals surface area contributed by atoms with Crippen LogP contribution in [0.15, 0.2) is 25.3 Å². The summed E-state index contributed by atoms with van der Waals surface area (Å²) < 4.78 is 0. The summed E-state index contributed by atoms with van der Waals surface area (Å²) in [5.41, 5.74) is 0. The largest absolute Gasteiger partial charge is 0.393 e. The second kappa shape index (κ2) is 16.8. The third kappa shape index (κ3) is 15.3. The van der Waals surface area contributed by atoms with Crippen LogP contribution in [0.5, 0.6) is 0 Å². The first-order valence-electron chi connectivity index (χ1n) is 10.2. The molecule has 0 rings (SSSR count). The normalized spacial score (nSPS) is 12.2. The number of aliphatic hydroxyl groups excluding tert-OH is 1. The van der Waals surface area contributed by atoms with Crippen molar-refractivity contribution in [3.05, 3.63) is 25.3 Å². The van der Waals surface area contributed by atoms with E-state index in [0.717, 1.165) is 36.8 Å². The fourth-order valence-corrected chi connectivity index (χ4v) is 3.36. The van der Waals surface area contributed by atoms with Gasteiger partial charge in [-0.2, -0.15) is 0 Å². The van der Waals surface area contributed by atoms with E-state index in [4.69, 9.17) is 12.2 Å². The maximum atomic E-state index is 10.2. The van der Waals surface area contributed by atoms with Gasteiger partial charge in [-0.1, -0.05) is 96.0 Å². The van der Waals surface area contributed by atoms with Crippen LogP contribution in [0.2, 0.25) is 0 Å². The fraction of sp³-hybridized carbons (Fsp3) is 0.773. The summed E-state index contributed by atoms with van der Waals surface area (Å²) in [5, 5.41) is 10.2. The van der Waals surface area contributed by atoms with Gasteiger partial charge in [0.2, 0.25) is 0 Å². The Morgan fingerprint density at radius 1 is 0.880 bits per heavy atom. The zero-order chi connectivity index (χ0) is 18.9. The van der Waals surface area contributed by atoms with Crippen LogP contribution < -0.4 is 0 Å². The number of rotatable bonds is 17. The number of nitrogens with zero attached hydrogens (tertiary/aromatic N) is 1. The minimum atomic E-state index is -0.319. The summed E-state index contributed by atoms with van der Waals surface area (Å²) in [7, 11) is 0. The lowest BCUT2D eigenvalue weighted by Gasteiger charge is -2.24. The zero-order valence-electron chi connectivity index (χ0n) is 16.7. The van der Waals surface area contributed by atoms with E-state index >= 15 is 0 Å². The summed E-state index contributed by atoms with van der Waals surface area (Å²) in [4.78, 5) is 2.85. The predicted molar refractivity (Wildman–Crippen MR) is 116 cm³/mol. The molecule has 1 atom stereocenters. The standard InChI is InChI=1S/C22H41NOS/c1-5-17-23(18-6-2)22(25)19-21(24)16-14-12-10-8-7-9-11-13-15-20(3)4/h5-6,20-21,24H,1-2,7-19H2,3-4H3/t21-/m0/s1. The second-order valence-electron chi connectivity index (χ2n) is 7.53. The van der Waals surface area contributed by atoms with Crippen molar-refractivity contribution in [3.8, 4) is 0 Å². The van der Waals surface area contributed by atoms with Crippen molar-refractivity contribution in [2.75, 3.05) is 13.1 Å². The molecular weight excluding hydrogens is 326 g/mol. The van der Waals surface area contributed by atoms with Gasteiger partial charge in [-0.3, -0.25) is 0 Å². The lowest BCUT2D eigenvalue weighted by molar-refractivity contribution is 0.165. The number of thiocarbonyl (C=S) groups is 1. The molecule has 146 valence electrons. The van der Waals surface area contributed by atoms with Crippen molar-refractivity contribution in [3.63, 3.8) is 0 Å². The molecule has 0 aliphatic carbocycles. The molecule has 0 spiro atoms. The van der Waals surface area contributed by atoms with Crippen molar-refractivity contribution in [2.45, 2.75) is 90.6 Å². The summed E-state index contributed by atoms with van der Waals surface area (Å²) in [6, 6.07) is 0. The molecule has 3 heteroatoms. The molecule has 0 aromatic heterocycles. The van der Waals surface area contributed by atoms with Crippen LogP contribution in [0.1, 0.15) is 84.5 Å². The molecule has 0 aromatic carbocycles. The SMILES string of the molecule is C=CCN(CC=C)C(=S)C[C@@H](O)CCCCCCCCCCC(C)C. The van der Waals surface area contributed by atoms with Crippen molar-refractivity contribution < 1.29 is 5.11 Å². The summed E-state index contributed by atoms with van der Waals surface area (Å²) in [5.74, 6) is 0.847. The van der Waals surface area contributed by atoms with Gasteiger partial charge in [0.25, 0.3) is 0 Å². The van der Waals surface area contributed by atoms with Gasteiger partial charge in [0.15, 0.2) is 0 Å². The first-order chi connectivity index (χ1) is 12.0. The Balaban J connectivity index is 3.59. The van der Waals surface area contributed by atoms with E-state index in [-0.39, 0.29) is 6.10 Å². The molecule has 0 bridgehead atoms. The van der Waals surface area contributed by atoms with E-state index in [1.165, 1.54) is 51.4 Å². The number of unbranched alkanes of at least 4 members (excludes halogenated alkanes) is 7. The van der Waals surface area contributed by atoms with E-state index in [9.17, 15) is 5.11 Å². The van der Waals surface area contributed by atoms with E-state index in [1.807, 2.05) is 17.1 Å². The lowest BCUT2D eigenvalue weighted by atomic mass is 10.0. The van der Waals surface area contributed by atoms with Crippen LogP contribution in [0.25, 0.3) is 0 Å². The van der Waals surface area contributed by atoms with Crippen molar-refractivity contribution in [2.24, 2.45) is 5.92 Å². The summed E-state index contributed by atoms with van der Waals surface area (Å²) >= 11 is 5.44. The van der Waals surface area contributed by atoms with Gasteiger partial charge in [0, 0.05) is 19.5 Å². The van der Waals surface area contributed by atoms with Crippen LogP contribution in [0.3, 0.4) is 0 Å². The number of hydrogen-bond acceptors (Lipinski definition) is 2. The molecule has 0 amide bonds. The molecule has 1 N–H and O–H groups in total. The van der Waals surface area contributed by atoms with Gasteiger partial charge in [-0.15, -0.1) is 13.2 Å². The highest BCUT2D eigenvalue weighted by molar-refractivity contribution is 7.80. The van der Waals surface area contributed by atoms with E-state index in [1.54, 1.807) is 0 Å². The molecule has 0 saturated carbocycles. The minimum absolute atomic E-state index is 0.319. The Morgan fingerprint density at radius 3 is 1.76 bits per heavy atom. The van der Waals surface area contributed by atoms with Gasteiger partial charge < -0.3 is 10.0 Å². The van der Waals surface area contributed by atoms with Crippen LogP contribution >= 0.6 is 12.2 Å². The Kier molecular flexibility index (Phi) is 16.3. The summed E-state index contributed by atoms with van der Waals surface area (Å²) in [6.45, 7) is 13.6. The van der Waals surface area contributed by atoms with Crippen LogP contribution in [0.4, 0.5) is 0 Å². The summed E-state index contributed by atoms with van der Waals surface area (Å²) in [6.07, 6.45) is 16.6. The molecule has 0 heterocycles.